The highest BCUT2D eigenvalue weighted by atomic mass is 35.5. The molecule has 1 N–H and O–H groups in total. The molecule has 3 heterocycles. The summed E-state index contributed by atoms with van der Waals surface area (Å²) in [6.07, 6.45) is 3.99. The third-order valence-electron chi connectivity index (χ3n) is 7.98. The monoisotopic (exact) mass is 606 g/mol. The van der Waals surface area contributed by atoms with Gasteiger partial charge < -0.3 is 14.9 Å². The van der Waals surface area contributed by atoms with Gasteiger partial charge in [-0.2, -0.15) is 10.2 Å². The summed E-state index contributed by atoms with van der Waals surface area (Å²) >= 11 is 6.02. The highest BCUT2D eigenvalue weighted by Crippen LogP contribution is 2.36. The van der Waals surface area contributed by atoms with E-state index in [4.69, 9.17) is 11.6 Å². The van der Waals surface area contributed by atoms with Gasteiger partial charge in [0.2, 0.25) is 0 Å². The van der Waals surface area contributed by atoms with Crippen molar-refractivity contribution in [3.05, 3.63) is 118 Å². The lowest BCUT2D eigenvalue weighted by Gasteiger charge is -2.37. The van der Waals surface area contributed by atoms with Crippen LogP contribution in [0.3, 0.4) is 0 Å². The van der Waals surface area contributed by atoms with Crippen LogP contribution in [0.4, 0.5) is 20.2 Å². The van der Waals surface area contributed by atoms with Crippen molar-refractivity contribution in [3.63, 3.8) is 0 Å². The third-order valence-corrected chi connectivity index (χ3v) is 8.24. The molecule has 0 amide bonds. The van der Waals surface area contributed by atoms with Gasteiger partial charge >= 0.3 is 5.69 Å². The number of hydrogen-bond donors (Lipinski definition) is 1. The number of anilines is 2. The van der Waals surface area contributed by atoms with Crippen LogP contribution in [0.15, 0.2) is 90.5 Å². The van der Waals surface area contributed by atoms with E-state index >= 15 is 0 Å². The molecule has 0 spiro atoms. The SMILES string of the molecule is CC(n1ncn(-c2ccc(N3CCN(c4ccc(Cl)cc4)CC3)cc2)c1=O)C(O)(Cn1cncn1)c1ccc(F)cc1F. The molecule has 2 atom stereocenters. The lowest BCUT2D eigenvalue weighted by atomic mass is 9.86. The summed E-state index contributed by atoms with van der Waals surface area (Å²) in [4.78, 5) is 22.0. The number of piperazine rings is 1. The summed E-state index contributed by atoms with van der Waals surface area (Å²) in [5.74, 6) is -1.74. The molecule has 0 bridgehead atoms. The number of hydrogen-bond acceptors (Lipinski definition) is 7. The van der Waals surface area contributed by atoms with Crippen LogP contribution in [0.25, 0.3) is 5.69 Å². The Kier molecular flexibility index (Phi) is 7.72. The molecule has 10 nitrogen and oxygen atoms in total. The molecule has 1 aliphatic rings. The van der Waals surface area contributed by atoms with E-state index in [1.165, 1.54) is 28.2 Å². The van der Waals surface area contributed by atoms with Gasteiger partial charge in [-0.05, 0) is 61.5 Å². The van der Waals surface area contributed by atoms with Gasteiger partial charge in [0.05, 0.1) is 18.3 Å². The molecule has 0 saturated carbocycles. The second-order valence-corrected chi connectivity index (χ2v) is 10.9. The van der Waals surface area contributed by atoms with E-state index in [1.807, 2.05) is 48.5 Å². The van der Waals surface area contributed by atoms with Gasteiger partial charge in [0, 0.05) is 54.2 Å². The number of aromatic nitrogens is 6. The predicted molar refractivity (Wildman–Crippen MR) is 159 cm³/mol. The second kappa shape index (κ2) is 11.6. The summed E-state index contributed by atoms with van der Waals surface area (Å²) in [6.45, 7) is 4.68. The van der Waals surface area contributed by atoms with Crippen molar-refractivity contribution in [2.45, 2.75) is 25.1 Å². The van der Waals surface area contributed by atoms with Crippen LogP contribution in [0.1, 0.15) is 18.5 Å². The van der Waals surface area contributed by atoms with Gasteiger partial charge in [0.1, 0.15) is 36.2 Å². The smallest absolute Gasteiger partial charge is 0.350 e. The van der Waals surface area contributed by atoms with Crippen molar-refractivity contribution in [1.29, 1.82) is 0 Å². The molecule has 222 valence electrons. The molecular formula is C30H29ClF2N8O2. The van der Waals surface area contributed by atoms with E-state index in [1.54, 1.807) is 6.92 Å². The van der Waals surface area contributed by atoms with Crippen LogP contribution in [0.5, 0.6) is 0 Å². The Morgan fingerprint density at radius 3 is 2.07 bits per heavy atom. The molecule has 0 aliphatic carbocycles. The van der Waals surface area contributed by atoms with Gasteiger partial charge in [0.15, 0.2) is 0 Å². The Bertz CT molecular complexity index is 1750. The van der Waals surface area contributed by atoms with E-state index in [-0.39, 0.29) is 12.1 Å². The van der Waals surface area contributed by atoms with Crippen molar-refractivity contribution in [1.82, 2.24) is 29.1 Å². The first-order valence-corrected chi connectivity index (χ1v) is 14.1. The molecular weight excluding hydrogens is 578 g/mol. The zero-order valence-corrected chi connectivity index (χ0v) is 24.0. The van der Waals surface area contributed by atoms with Crippen LogP contribution < -0.4 is 15.5 Å². The van der Waals surface area contributed by atoms with E-state index < -0.39 is 29.0 Å². The van der Waals surface area contributed by atoms with Crippen LogP contribution in [0.2, 0.25) is 5.02 Å². The number of aliphatic hydroxyl groups is 1. The normalized spacial score (nSPS) is 15.8. The number of halogens is 3. The predicted octanol–water partition coefficient (Wildman–Crippen LogP) is 4.03. The molecule has 13 heteroatoms. The van der Waals surface area contributed by atoms with E-state index in [9.17, 15) is 18.7 Å². The summed E-state index contributed by atoms with van der Waals surface area (Å²) in [5.41, 5.74) is 0.00431. The first-order valence-electron chi connectivity index (χ1n) is 13.8. The van der Waals surface area contributed by atoms with Crippen LogP contribution >= 0.6 is 11.6 Å². The van der Waals surface area contributed by atoms with E-state index in [2.05, 4.69) is 25.0 Å². The maximum absolute atomic E-state index is 15.0. The Morgan fingerprint density at radius 1 is 0.884 bits per heavy atom. The third kappa shape index (κ3) is 5.63. The number of nitrogens with zero attached hydrogens (tertiary/aromatic N) is 8. The molecule has 2 aromatic heterocycles. The number of benzene rings is 3. The second-order valence-electron chi connectivity index (χ2n) is 10.5. The summed E-state index contributed by atoms with van der Waals surface area (Å²) in [5, 5.41) is 20.9. The topological polar surface area (TPSA) is 97.2 Å². The first kappa shape index (κ1) is 28.6. The summed E-state index contributed by atoms with van der Waals surface area (Å²) < 4.78 is 32.4. The zero-order valence-electron chi connectivity index (χ0n) is 23.3. The fraction of sp³-hybridized carbons (Fsp3) is 0.267. The summed E-state index contributed by atoms with van der Waals surface area (Å²) in [6, 6.07) is 17.2. The first-order chi connectivity index (χ1) is 20.7. The van der Waals surface area contributed by atoms with Crippen molar-refractivity contribution in [2.75, 3.05) is 36.0 Å². The lowest BCUT2D eigenvalue weighted by molar-refractivity contribution is -0.0381. The van der Waals surface area contributed by atoms with Crippen molar-refractivity contribution in [3.8, 4) is 5.69 Å². The average Bonchev–Trinajstić information content (AvgIpc) is 3.66. The highest BCUT2D eigenvalue weighted by Gasteiger charge is 2.42. The maximum Gasteiger partial charge on any atom is 0.350 e. The molecule has 2 unspecified atom stereocenters. The molecule has 5 aromatic rings. The van der Waals surface area contributed by atoms with Crippen molar-refractivity contribution < 1.29 is 13.9 Å². The van der Waals surface area contributed by atoms with Gasteiger partial charge in [0.25, 0.3) is 0 Å². The standard InChI is InChI=1S/C30H29ClF2N8O2/c1-21(30(43,17-39-19-34-18-35-39)27-11-4-23(32)16-28(27)33)41-29(42)40(20-36-41)26-9-7-25(8-10-26)38-14-12-37(13-15-38)24-5-2-22(31)3-6-24/h2-11,16,18-21,43H,12-15,17H2,1H3. The van der Waals surface area contributed by atoms with Gasteiger partial charge in [-0.15, -0.1) is 0 Å². The van der Waals surface area contributed by atoms with E-state index in [0.717, 1.165) is 54.4 Å². The Morgan fingerprint density at radius 2 is 1.49 bits per heavy atom. The summed E-state index contributed by atoms with van der Waals surface area (Å²) in [7, 11) is 0. The maximum atomic E-state index is 15.0. The average molecular weight is 607 g/mol. The molecule has 1 saturated heterocycles. The Balaban J connectivity index is 1.22. The minimum absolute atomic E-state index is 0.195. The zero-order chi connectivity index (χ0) is 30.1. The van der Waals surface area contributed by atoms with Gasteiger partial charge in [-0.3, -0.25) is 0 Å². The minimum atomic E-state index is -2.02. The van der Waals surface area contributed by atoms with Crippen LogP contribution in [-0.4, -0.2) is 60.4 Å². The van der Waals surface area contributed by atoms with E-state index in [0.29, 0.717) is 16.8 Å². The lowest BCUT2D eigenvalue weighted by Crippen LogP contribution is -2.46. The molecule has 3 aromatic carbocycles. The fourth-order valence-corrected chi connectivity index (χ4v) is 5.63. The largest absolute Gasteiger partial charge is 0.381 e. The number of rotatable bonds is 8. The van der Waals surface area contributed by atoms with Gasteiger partial charge in [-0.25, -0.2) is 32.5 Å². The molecule has 6 rings (SSSR count). The van der Waals surface area contributed by atoms with Crippen molar-refractivity contribution in [2.24, 2.45) is 0 Å². The fourth-order valence-electron chi connectivity index (χ4n) is 5.50. The molecule has 1 aliphatic heterocycles. The van der Waals surface area contributed by atoms with Gasteiger partial charge in [-0.1, -0.05) is 17.7 Å². The molecule has 1 fully saturated rings. The van der Waals surface area contributed by atoms with Crippen LogP contribution in [-0.2, 0) is 12.1 Å². The Labute approximate surface area is 251 Å². The highest BCUT2D eigenvalue weighted by molar-refractivity contribution is 6.30. The van der Waals surface area contributed by atoms with Crippen LogP contribution in [0, 0.1) is 11.6 Å². The Hall–Kier alpha value is -4.55. The van der Waals surface area contributed by atoms with Crippen molar-refractivity contribution >= 4 is 23.0 Å². The minimum Gasteiger partial charge on any atom is -0.381 e. The quantitative estimate of drug-likeness (QED) is 0.285. The molecule has 0 radical (unpaired) electrons. The molecule has 43 heavy (non-hydrogen) atoms.